The molecule has 0 aliphatic carbocycles. The Hall–Kier alpha value is -2.90. The minimum absolute atomic E-state index is 0.0232. The van der Waals surface area contributed by atoms with Crippen LogP contribution in [0, 0.1) is 5.82 Å². The Kier molecular flexibility index (Phi) is 7.07. The number of piperidine rings is 1. The topological polar surface area (TPSA) is 68.2 Å². The van der Waals surface area contributed by atoms with Crippen LogP contribution in [0.25, 0.3) is 11.3 Å². The van der Waals surface area contributed by atoms with Crippen LogP contribution in [0.4, 0.5) is 10.1 Å². The molecule has 2 aromatic carbocycles. The van der Waals surface area contributed by atoms with Crippen LogP contribution in [0.5, 0.6) is 5.75 Å². The number of anilines is 1. The molecule has 1 fully saturated rings. The van der Waals surface area contributed by atoms with Gasteiger partial charge in [0.1, 0.15) is 11.6 Å². The van der Waals surface area contributed by atoms with E-state index >= 15 is 0 Å². The van der Waals surface area contributed by atoms with Crippen molar-refractivity contribution >= 4 is 23.2 Å². The van der Waals surface area contributed by atoms with Gasteiger partial charge in [-0.1, -0.05) is 18.0 Å². The van der Waals surface area contributed by atoms with E-state index in [0.717, 1.165) is 36.0 Å². The maximum absolute atomic E-state index is 13.7. The number of ether oxygens (including phenoxy) is 1. The average Bonchev–Trinajstić information content (AvgIpc) is 3.23. The highest BCUT2D eigenvalue weighted by Crippen LogP contribution is 2.33. The normalized spacial score (nSPS) is 16.0. The molecule has 1 aliphatic heterocycles. The van der Waals surface area contributed by atoms with Gasteiger partial charge in [-0.15, -0.1) is 0 Å². The van der Waals surface area contributed by atoms with Crippen LogP contribution in [0.1, 0.15) is 36.0 Å². The van der Waals surface area contributed by atoms with E-state index in [1.165, 1.54) is 31.4 Å². The standard InChI is InChI=1S/C24H26ClFN4O2/c1-30-22(9-12-28-30)19-15-18(29-24(31)16-5-7-20(25)21(26)14-16)6-8-23(19)32-13-10-17-4-2-3-11-27-17/h5-9,12,14-15,17,27H,2-4,10-11,13H2,1H3,(H,29,31). The van der Waals surface area contributed by atoms with Gasteiger partial charge in [0.2, 0.25) is 0 Å². The zero-order valence-electron chi connectivity index (χ0n) is 17.9. The van der Waals surface area contributed by atoms with Crippen molar-refractivity contribution in [3.8, 4) is 17.0 Å². The summed E-state index contributed by atoms with van der Waals surface area (Å²) in [6, 6.07) is 11.8. The van der Waals surface area contributed by atoms with Crippen LogP contribution < -0.4 is 15.4 Å². The highest BCUT2D eigenvalue weighted by Gasteiger charge is 2.16. The fourth-order valence-corrected chi connectivity index (χ4v) is 4.01. The first kappa shape index (κ1) is 22.3. The molecule has 1 aliphatic rings. The SMILES string of the molecule is Cn1nccc1-c1cc(NC(=O)c2ccc(Cl)c(F)c2)ccc1OCCC1CCCCN1. The Morgan fingerprint density at radius 2 is 2.16 bits per heavy atom. The molecule has 0 saturated carbocycles. The van der Waals surface area contributed by atoms with Crippen molar-refractivity contribution < 1.29 is 13.9 Å². The molecular formula is C24H26ClFN4O2. The predicted octanol–water partition coefficient (Wildman–Crippen LogP) is 5.04. The van der Waals surface area contributed by atoms with E-state index in [1.54, 1.807) is 16.9 Å². The van der Waals surface area contributed by atoms with Gasteiger partial charge in [0, 0.05) is 36.1 Å². The maximum Gasteiger partial charge on any atom is 0.255 e. The summed E-state index contributed by atoms with van der Waals surface area (Å²) >= 11 is 5.71. The molecule has 1 atom stereocenters. The summed E-state index contributed by atoms with van der Waals surface area (Å²) in [7, 11) is 1.85. The molecule has 1 aromatic heterocycles. The van der Waals surface area contributed by atoms with Crippen LogP contribution >= 0.6 is 11.6 Å². The molecule has 32 heavy (non-hydrogen) atoms. The number of benzene rings is 2. The third-order valence-electron chi connectivity index (χ3n) is 5.65. The van der Waals surface area contributed by atoms with Gasteiger partial charge in [-0.3, -0.25) is 9.48 Å². The van der Waals surface area contributed by atoms with E-state index in [1.807, 2.05) is 25.2 Å². The minimum Gasteiger partial charge on any atom is -0.493 e. The molecular weight excluding hydrogens is 431 g/mol. The molecule has 2 N–H and O–H groups in total. The van der Waals surface area contributed by atoms with Gasteiger partial charge in [0.25, 0.3) is 5.91 Å². The summed E-state index contributed by atoms with van der Waals surface area (Å²) in [6.07, 6.45) is 6.31. The number of carbonyl (C=O) groups excluding carboxylic acids is 1. The van der Waals surface area contributed by atoms with E-state index in [-0.39, 0.29) is 10.6 Å². The van der Waals surface area contributed by atoms with Crippen molar-refractivity contribution in [2.45, 2.75) is 31.7 Å². The lowest BCUT2D eigenvalue weighted by Crippen LogP contribution is -2.35. The Bertz CT molecular complexity index is 1100. The number of carbonyl (C=O) groups is 1. The molecule has 0 bridgehead atoms. The second-order valence-corrected chi connectivity index (χ2v) is 8.33. The van der Waals surface area contributed by atoms with Gasteiger partial charge in [0.15, 0.2) is 0 Å². The quantitative estimate of drug-likeness (QED) is 0.522. The number of nitrogens with zero attached hydrogens (tertiary/aromatic N) is 2. The monoisotopic (exact) mass is 456 g/mol. The number of rotatable bonds is 7. The van der Waals surface area contributed by atoms with E-state index in [9.17, 15) is 9.18 Å². The van der Waals surface area contributed by atoms with E-state index in [4.69, 9.17) is 16.3 Å². The lowest BCUT2D eigenvalue weighted by atomic mass is 10.0. The molecule has 0 spiro atoms. The van der Waals surface area contributed by atoms with Crippen molar-refractivity contribution in [2.75, 3.05) is 18.5 Å². The number of halogens is 2. The first-order valence-corrected chi connectivity index (χ1v) is 11.1. The molecule has 8 heteroatoms. The molecule has 0 radical (unpaired) electrons. The van der Waals surface area contributed by atoms with Gasteiger partial charge in [-0.25, -0.2) is 4.39 Å². The van der Waals surface area contributed by atoms with Crippen LogP contribution in [-0.2, 0) is 7.05 Å². The summed E-state index contributed by atoms with van der Waals surface area (Å²) in [6.45, 7) is 1.66. The number of hydrogen-bond donors (Lipinski definition) is 2. The molecule has 6 nitrogen and oxygen atoms in total. The molecule has 1 saturated heterocycles. The first-order chi connectivity index (χ1) is 15.5. The average molecular weight is 457 g/mol. The highest BCUT2D eigenvalue weighted by molar-refractivity contribution is 6.30. The molecule has 3 aromatic rings. The number of hydrogen-bond acceptors (Lipinski definition) is 4. The molecule has 1 amide bonds. The van der Waals surface area contributed by atoms with E-state index in [0.29, 0.717) is 18.3 Å². The minimum atomic E-state index is -0.633. The van der Waals surface area contributed by atoms with Crippen molar-refractivity contribution in [1.82, 2.24) is 15.1 Å². The Balaban J connectivity index is 1.52. The van der Waals surface area contributed by atoms with Crippen molar-refractivity contribution in [3.63, 3.8) is 0 Å². The second kappa shape index (κ2) is 10.1. The predicted molar refractivity (Wildman–Crippen MR) is 124 cm³/mol. The third kappa shape index (κ3) is 5.29. The van der Waals surface area contributed by atoms with Gasteiger partial charge < -0.3 is 15.4 Å². The van der Waals surface area contributed by atoms with Crippen LogP contribution in [0.15, 0.2) is 48.7 Å². The fraction of sp³-hybridized carbons (Fsp3) is 0.333. The van der Waals surface area contributed by atoms with E-state index in [2.05, 4.69) is 15.7 Å². The van der Waals surface area contributed by atoms with Crippen molar-refractivity contribution in [3.05, 3.63) is 65.1 Å². The Morgan fingerprint density at radius 1 is 1.28 bits per heavy atom. The summed E-state index contributed by atoms with van der Waals surface area (Å²) < 4.78 is 21.6. The zero-order chi connectivity index (χ0) is 22.5. The smallest absolute Gasteiger partial charge is 0.255 e. The number of amides is 1. The lowest BCUT2D eigenvalue weighted by molar-refractivity contribution is 0.102. The first-order valence-electron chi connectivity index (χ1n) is 10.8. The maximum atomic E-state index is 13.7. The van der Waals surface area contributed by atoms with Crippen LogP contribution in [-0.4, -0.2) is 34.9 Å². The highest BCUT2D eigenvalue weighted by atomic mass is 35.5. The zero-order valence-corrected chi connectivity index (χ0v) is 18.7. The Morgan fingerprint density at radius 3 is 2.88 bits per heavy atom. The molecule has 4 rings (SSSR count). The molecule has 2 heterocycles. The van der Waals surface area contributed by atoms with Gasteiger partial charge >= 0.3 is 0 Å². The van der Waals surface area contributed by atoms with Crippen molar-refractivity contribution in [1.29, 1.82) is 0 Å². The summed E-state index contributed by atoms with van der Waals surface area (Å²) in [5.41, 5.74) is 2.45. The van der Waals surface area contributed by atoms with Crippen LogP contribution in [0.3, 0.4) is 0 Å². The summed E-state index contributed by atoms with van der Waals surface area (Å²) in [4.78, 5) is 12.6. The lowest BCUT2D eigenvalue weighted by Gasteiger charge is -2.23. The third-order valence-corrected chi connectivity index (χ3v) is 5.96. The van der Waals surface area contributed by atoms with Gasteiger partial charge in [0.05, 0.1) is 17.3 Å². The fourth-order valence-electron chi connectivity index (χ4n) is 3.89. The largest absolute Gasteiger partial charge is 0.493 e. The number of aromatic nitrogens is 2. The van der Waals surface area contributed by atoms with Gasteiger partial charge in [-0.05, 0) is 68.3 Å². The number of aryl methyl sites for hydroxylation is 1. The second-order valence-electron chi connectivity index (χ2n) is 7.92. The van der Waals surface area contributed by atoms with Crippen LogP contribution in [0.2, 0.25) is 5.02 Å². The van der Waals surface area contributed by atoms with Gasteiger partial charge in [-0.2, -0.15) is 5.10 Å². The number of nitrogens with one attached hydrogen (secondary N) is 2. The molecule has 1 unspecified atom stereocenters. The Labute approximate surface area is 191 Å². The molecule has 168 valence electrons. The van der Waals surface area contributed by atoms with E-state index < -0.39 is 11.7 Å². The summed E-state index contributed by atoms with van der Waals surface area (Å²) in [5.74, 6) is -0.334. The van der Waals surface area contributed by atoms with Crippen molar-refractivity contribution in [2.24, 2.45) is 7.05 Å². The summed E-state index contributed by atoms with van der Waals surface area (Å²) in [5, 5.41) is 10.6.